The van der Waals surface area contributed by atoms with E-state index in [2.05, 4.69) is 23.1 Å². The summed E-state index contributed by atoms with van der Waals surface area (Å²) in [5.74, 6) is 0.894. The van der Waals surface area contributed by atoms with E-state index in [0.29, 0.717) is 17.7 Å². The Labute approximate surface area is 154 Å². The molecule has 2 aromatic carbocycles. The van der Waals surface area contributed by atoms with Crippen molar-refractivity contribution in [2.45, 2.75) is 25.2 Å². The third-order valence-corrected chi connectivity index (χ3v) is 5.80. The second-order valence-electron chi connectivity index (χ2n) is 7.06. The molecule has 0 N–H and O–H groups in total. The van der Waals surface area contributed by atoms with Crippen LogP contribution in [0.5, 0.6) is 0 Å². The lowest BCUT2D eigenvalue weighted by molar-refractivity contribution is 0.214. The first-order valence-electron chi connectivity index (χ1n) is 8.76. The maximum atomic E-state index is 13.1. The Hall–Kier alpha value is -2.21. The lowest BCUT2D eigenvalue weighted by Crippen LogP contribution is -2.43. The number of likely N-dealkylation sites (tertiary alicyclic amines) is 1. The van der Waals surface area contributed by atoms with Crippen LogP contribution in [0.2, 0.25) is 0 Å². The van der Waals surface area contributed by atoms with E-state index < -0.39 is 15.8 Å². The van der Waals surface area contributed by atoms with Crippen molar-refractivity contribution in [2.24, 2.45) is 16.2 Å². The smallest absolute Gasteiger partial charge is 0.284 e. The molecule has 0 aliphatic carbocycles. The summed E-state index contributed by atoms with van der Waals surface area (Å²) in [5.41, 5.74) is 0.763. The maximum absolute atomic E-state index is 13.1. The molecule has 0 saturated carbocycles. The molecular weight excluding hydrogens is 351 g/mol. The molecule has 0 bridgehead atoms. The summed E-state index contributed by atoms with van der Waals surface area (Å²) in [6, 6.07) is 14.1. The highest BCUT2D eigenvalue weighted by Crippen LogP contribution is 2.24. The van der Waals surface area contributed by atoms with Gasteiger partial charge in [-0.2, -0.15) is 8.42 Å². The Morgan fingerprint density at radius 1 is 1.00 bits per heavy atom. The predicted molar refractivity (Wildman–Crippen MR) is 101 cm³/mol. The van der Waals surface area contributed by atoms with Crippen molar-refractivity contribution in [3.8, 4) is 0 Å². The fraction of sp³-hybridized carbons (Fsp3) is 0.350. The lowest BCUT2D eigenvalue weighted by atomic mass is 9.91. The zero-order valence-electron chi connectivity index (χ0n) is 15.0. The maximum Gasteiger partial charge on any atom is 0.284 e. The van der Waals surface area contributed by atoms with E-state index in [1.165, 1.54) is 12.1 Å². The van der Waals surface area contributed by atoms with E-state index in [1.54, 1.807) is 0 Å². The second kappa shape index (κ2) is 7.58. The molecule has 1 aliphatic heterocycles. The van der Waals surface area contributed by atoms with Gasteiger partial charge in [0.2, 0.25) is 0 Å². The van der Waals surface area contributed by atoms with Gasteiger partial charge < -0.3 is 4.90 Å². The molecule has 1 aliphatic rings. The number of piperidine rings is 1. The molecule has 1 fully saturated rings. The molecular formula is C20H23FN2O2S. The van der Waals surface area contributed by atoms with Gasteiger partial charge in [-0.3, -0.25) is 0 Å². The summed E-state index contributed by atoms with van der Waals surface area (Å²) in [7, 11) is -3.93. The van der Waals surface area contributed by atoms with Crippen molar-refractivity contribution in [1.82, 2.24) is 4.90 Å². The molecule has 0 spiro atoms. The SMILES string of the molecule is CC1CC(C)CN(C(=NS(=O)(=O)c2ccc(F)cc2)c2ccccc2)C1. The first-order chi connectivity index (χ1) is 12.3. The van der Waals surface area contributed by atoms with E-state index in [9.17, 15) is 12.8 Å². The van der Waals surface area contributed by atoms with Crippen LogP contribution in [0.1, 0.15) is 25.8 Å². The van der Waals surface area contributed by atoms with Gasteiger partial charge in [0.25, 0.3) is 10.0 Å². The molecule has 0 radical (unpaired) electrons. The number of hydrogen-bond acceptors (Lipinski definition) is 2. The normalized spacial score (nSPS) is 21.7. The standard InChI is InChI=1S/C20H23FN2O2S/c1-15-12-16(2)14-23(13-15)20(17-6-4-3-5-7-17)22-26(24,25)19-10-8-18(21)9-11-19/h3-11,15-16H,12-14H2,1-2H3. The van der Waals surface area contributed by atoms with E-state index >= 15 is 0 Å². The average Bonchev–Trinajstić information content (AvgIpc) is 2.60. The summed E-state index contributed by atoms with van der Waals surface area (Å²) < 4.78 is 42.9. The van der Waals surface area contributed by atoms with Gasteiger partial charge in [0.1, 0.15) is 11.7 Å². The third kappa shape index (κ3) is 4.30. The number of rotatable bonds is 3. The van der Waals surface area contributed by atoms with Gasteiger partial charge in [-0.25, -0.2) is 4.39 Å². The second-order valence-corrected chi connectivity index (χ2v) is 8.67. The van der Waals surface area contributed by atoms with Crippen LogP contribution in [0.15, 0.2) is 63.9 Å². The Balaban J connectivity index is 2.05. The van der Waals surface area contributed by atoms with Crippen molar-refractivity contribution in [1.29, 1.82) is 0 Å². The largest absolute Gasteiger partial charge is 0.355 e. The number of benzene rings is 2. The number of amidine groups is 1. The van der Waals surface area contributed by atoms with Gasteiger partial charge in [0.15, 0.2) is 0 Å². The molecule has 26 heavy (non-hydrogen) atoms. The highest BCUT2D eigenvalue weighted by Gasteiger charge is 2.27. The minimum atomic E-state index is -3.93. The molecule has 6 heteroatoms. The summed E-state index contributed by atoms with van der Waals surface area (Å²) in [5, 5.41) is 0. The van der Waals surface area contributed by atoms with E-state index in [1.807, 2.05) is 30.3 Å². The molecule has 1 saturated heterocycles. The van der Waals surface area contributed by atoms with E-state index in [0.717, 1.165) is 37.2 Å². The molecule has 138 valence electrons. The quantitative estimate of drug-likeness (QED) is 0.604. The fourth-order valence-corrected chi connectivity index (χ4v) is 4.52. The number of sulfonamides is 1. The average molecular weight is 374 g/mol. The number of nitrogens with zero attached hydrogens (tertiary/aromatic N) is 2. The molecule has 0 amide bonds. The Kier molecular flexibility index (Phi) is 5.41. The van der Waals surface area contributed by atoms with Gasteiger partial charge in [0, 0.05) is 18.7 Å². The summed E-state index contributed by atoms with van der Waals surface area (Å²) >= 11 is 0. The van der Waals surface area contributed by atoms with Crippen LogP contribution in [0.25, 0.3) is 0 Å². The molecule has 0 aromatic heterocycles. The van der Waals surface area contributed by atoms with Crippen molar-refractivity contribution in [3.05, 3.63) is 66.0 Å². The first kappa shape index (κ1) is 18.6. The number of halogens is 1. The van der Waals surface area contributed by atoms with Crippen LogP contribution in [0.4, 0.5) is 4.39 Å². The van der Waals surface area contributed by atoms with Crippen molar-refractivity contribution in [2.75, 3.05) is 13.1 Å². The van der Waals surface area contributed by atoms with Crippen LogP contribution in [0.3, 0.4) is 0 Å². The Bertz CT molecular complexity index is 870. The predicted octanol–water partition coefficient (Wildman–Crippen LogP) is 3.94. The van der Waals surface area contributed by atoms with Crippen molar-refractivity contribution >= 4 is 15.9 Å². The molecule has 1 heterocycles. The summed E-state index contributed by atoms with van der Waals surface area (Å²) in [6.07, 6.45) is 1.11. The minimum absolute atomic E-state index is 0.00885. The first-order valence-corrected chi connectivity index (χ1v) is 10.2. The molecule has 2 atom stereocenters. The van der Waals surface area contributed by atoms with Gasteiger partial charge in [-0.15, -0.1) is 4.40 Å². The zero-order chi connectivity index (χ0) is 18.7. The van der Waals surface area contributed by atoms with E-state index in [-0.39, 0.29) is 4.90 Å². The van der Waals surface area contributed by atoms with Crippen molar-refractivity contribution < 1.29 is 12.8 Å². The molecule has 3 rings (SSSR count). The monoisotopic (exact) mass is 374 g/mol. The highest BCUT2D eigenvalue weighted by atomic mass is 32.2. The van der Waals surface area contributed by atoms with Crippen LogP contribution in [-0.4, -0.2) is 32.2 Å². The molecule has 2 aromatic rings. The summed E-state index contributed by atoms with van der Waals surface area (Å²) in [4.78, 5) is 2.04. The minimum Gasteiger partial charge on any atom is -0.355 e. The Morgan fingerprint density at radius 3 is 2.15 bits per heavy atom. The fourth-order valence-electron chi connectivity index (χ4n) is 3.49. The van der Waals surface area contributed by atoms with Crippen LogP contribution >= 0.6 is 0 Å². The third-order valence-electron chi connectivity index (χ3n) is 4.52. The van der Waals surface area contributed by atoms with Gasteiger partial charge >= 0.3 is 0 Å². The topological polar surface area (TPSA) is 49.7 Å². The Morgan fingerprint density at radius 2 is 1.58 bits per heavy atom. The van der Waals surface area contributed by atoms with Gasteiger partial charge in [0.05, 0.1) is 4.90 Å². The van der Waals surface area contributed by atoms with Crippen LogP contribution < -0.4 is 0 Å². The van der Waals surface area contributed by atoms with Crippen LogP contribution in [0, 0.1) is 17.7 Å². The molecule has 4 nitrogen and oxygen atoms in total. The highest BCUT2D eigenvalue weighted by molar-refractivity contribution is 7.90. The van der Waals surface area contributed by atoms with Crippen molar-refractivity contribution in [3.63, 3.8) is 0 Å². The van der Waals surface area contributed by atoms with E-state index in [4.69, 9.17) is 0 Å². The van der Waals surface area contributed by atoms with Gasteiger partial charge in [-0.05, 0) is 42.5 Å². The summed E-state index contributed by atoms with van der Waals surface area (Å²) in [6.45, 7) is 5.85. The van der Waals surface area contributed by atoms with Crippen LogP contribution in [-0.2, 0) is 10.0 Å². The molecule has 2 unspecified atom stereocenters. The van der Waals surface area contributed by atoms with Gasteiger partial charge in [-0.1, -0.05) is 44.2 Å². The zero-order valence-corrected chi connectivity index (χ0v) is 15.8. The number of hydrogen-bond donors (Lipinski definition) is 0. The lowest BCUT2D eigenvalue weighted by Gasteiger charge is -2.37.